The summed E-state index contributed by atoms with van der Waals surface area (Å²) in [5, 5.41) is 8.88. The summed E-state index contributed by atoms with van der Waals surface area (Å²) in [5.74, 6) is 1.24. The highest BCUT2D eigenvalue weighted by atomic mass is 35.5. The maximum absolute atomic E-state index is 12.6. The number of carbonyl (C=O) groups excluding carboxylic acids is 1. The Morgan fingerprint density at radius 3 is 2.79 bits per heavy atom. The number of ether oxygens (including phenoxy) is 1. The van der Waals surface area contributed by atoms with Gasteiger partial charge in [-0.2, -0.15) is 0 Å². The first-order chi connectivity index (χ1) is 13.5. The first-order valence-corrected chi connectivity index (χ1v) is 9.98. The number of hydrogen-bond donors (Lipinski definition) is 0. The molecule has 0 spiro atoms. The van der Waals surface area contributed by atoms with E-state index in [0.717, 1.165) is 11.4 Å². The number of hydrogen-bond acceptors (Lipinski definition) is 6. The van der Waals surface area contributed by atoms with E-state index in [2.05, 4.69) is 21.3 Å². The van der Waals surface area contributed by atoms with Gasteiger partial charge in [-0.3, -0.25) is 4.79 Å². The van der Waals surface area contributed by atoms with Crippen molar-refractivity contribution in [2.24, 2.45) is 0 Å². The van der Waals surface area contributed by atoms with Gasteiger partial charge in [-0.15, -0.1) is 16.8 Å². The van der Waals surface area contributed by atoms with Crippen molar-refractivity contribution >= 4 is 29.1 Å². The predicted octanol–water partition coefficient (Wildman–Crippen LogP) is 4.88. The molecule has 0 saturated heterocycles. The molecule has 0 fully saturated rings. The summed E-state index contributed by atoms with van der Waals surface area (Å²) in [4.78, 5) is 12.6. The van der Waals surface area contributed by atoms with E-state index >= 15 is 0 Å². The van der Waals surface area contributed by atoms with E-state index in [-0.39, 0.29) is 18.1 Å². The third kappa shape index (κ3) is 4.85. The lowest BCUT2D eigenvalue weighted by molar-refractivity contribution is 0.102. The normalized spacial score (nSPS) is 10.8. The lowest BCUT2D eigenvalue weighted by Crippen LogP contribution is -2.06. The van der Waals surface area contributed by atoms with E-state index in [1.165, 1.54) is 11.8 Å². The topological polar surface area (TPSA) is 70.2 Å². The molecule has 3 rings (SSSR count). The van der Waals surface area contributed by atoms with Crippen molar-refractivity contribution in [2.75, 3.05) is 5.75 Å². The number of thioether (sulfide) groups is 1. The Morgan fingerprint density at radius 2 is 2.07 bits per heavy atom. The molecule has 0 unspecified atom stereocenters. The molecular formula is C20H20ClN3O3S. The molecule has 0 aliphatic carbocycles. The van der Waals surface area contributed by atoms with Crippen molar-refractivity contribution in [3.05, 3.63) is 70.9 Å². The van der Waals surface area contributed by atoms with Gasteiger partial charge >= 0.3 is 0 Å². The lowest BCUT2D eigenvalue weighted by atomic mass is 10.2. The molecule has 3 aromatic rings. The number of aromatic nitrogens is 3. The Morgan fingerprint density at radius 1 is 1.32 bits per heavy atom. The minimum atomic E-state index is 0.0191. The predicted molar refractivity (Wildman–Crippen MR) is 109 cm³/mol. The minimum absolute atomic E-state index is 0.0191. The Bertz CT molecular complexity index is 979. The minimum Gasteiger partial charge on any atom is -0.484 e. The highest BCUT2D eigenvalue weighted by Crippen LogP contribution is 2.22. The first-order valence-electron chi connectivity index (χ1n) is 8.62. The van der Waals surface area contributed by atoms with E-state index in [4.69, 9.17) is 20.8 Å². The fourth-order valence-electron chi connectivity index (χ4n) is 2.73. The van der Waals surface area contributed by atoms with Crippen molar-refractivity contribution < 1.29 is 13.9 Å². The summed E-state index contributed by atoms with van der Waals surface area (Å²) in [6, 6.07) is 8.90. The molecule has 1 aromatic carbocycles. The van der Waals surface area contributed by atoms with Crippen molar-refractivity contribution in [1.82, 2.24) is 14.8 Å². The third-order valence-corrected chi connectivity index (χ3v) is 5.21. The smallest absolute Gasteiger partial charge is 0.277 e. The maximum Gasteiger partial charge on any atom is 0.277 e. The largest absolute Gasteiger partial charge is 0.484 e. The summed E-state index contributed by atoms with van der Waals surface area (Å²) in [6.45, 7) is 8.49. The van der Waals surface area contributed by atoms with Gasteiger partial charge in [0.1, 0.15) is 5.75 Å². The van der Waals surface area contributed by atoms with Crippen molar-refractivity contribution in [2.45, 2.75) is 32.2 Å². The van der Waals surface area contributed by atoms with Gasteiger partial charge in [-0.1, -0.05) is 29.4 Å². The van der Waals surface area contributed by atoms with Crippen LogP contribution in [0.2, 0.25) is 5.02 Å². The van der Waals surface area contributed by atoms with Crippen LogP contribution >= 0.6 is 23.4 Å². The summed E-state index contributed by atoms with van der Waals surface area (Å²) >= 11 is 7.05. The Hall–Kier alpha value is -2.51. The summed E-state index contributed by atoms with van der Waals surface area (Å²) in [5.41, 5.74) is 2.67. The summed E-state index contributed by atoms with van der Waals surface area (Å²) in [6.07, 6.45) is 1.81. The summed E-state index contributed by atoms with van der Waals surface area (Å²) in [7, 11) is 0. The average molecular weight is 418 g/mol. The number of carbonyl (C=O) groups is 1. The highest BCUT2D eigenvalue weighted by Gasteiger charge is 2.17. The van der Waals surface area contributed by atoms with Crippen LogP contribution in [-0.2, 0) is 13.2 Å². The molecule has 0 saturated carbocycles. The second kappa shape index (κ2) is 9.12. The molecule has 0 aliphatic rings. The van der Waals surface area contributed by atoms with Gasteiger partial charge in [-0.05, 0) is 44.2 Å². The van der Waals surface area contributed by atoms with Gasteiger partial charge in [0.05, 0.1) is 5.75 Å². The van der Waals surface area contributed by atoms with E-state index < -0.39 is 0 Å². The number of benzene rings is 1. The second-order valence-corrected chi connectivity index (χ2v) is 7.46. The molecule has 6 nitrogen and oxygen atoms in total. The van der Waals surface area contributed by atoms with Gasteiger partial charge in [0, 0.05) is 28.5 Å². The maximum atomic E-state index is 12.6. The fraction of sp³-hybridized carbons (Fsp3) is 0.250. The second-order valence-electron chi connectivity index (χ2n) is 6.10. The third-order valence-electron chi connectivity index (χ3n) is 4.14. The zero-order valence-electron chi connectivity index (χ0n) is 15.6. The molecule has 0 radical (unpaired) electrons. The van der Waals surface area contributed by atoms with Gasteiger partial charge in [0.25, 0.3) is 11.1 Å². The molecule has 2 heterocycles. The quantitative estimate of drug-likeness (QED) is 0.280. The monoisotopic (exact) mass is 417 g/mol. The zero-order valence-corrected chi connectivity index (χ0v) is 17.2. The van der Waals surface area contributed by atoms with Gasteiger partial charge in [-0.25, -0.2) is 0 Å². The van der Waals surface area contributed by atoms with Crippen LogP contribution < -0.4 is 4.74 Å². The number of aryl methyl sites for hydroxylation is 1. The average Bonchev–Trinajstić information content (AvgIpc) is 3.25. The molecule has 0 atom stereocenters. The van der Waals surface area contributed by atoms with Crippen molar-refractivity contribution in [3.63, 3.8) is 0 Å². The van der Waals surface area contributed by atoms with Gasteiger partial charge < -0.3 is 13.7 Å². The molecule has 2 aromatic heterocycles. The van der Waals surface area contributed by atoms with Crippen LogP contribution in [0, 0.1) is 13.8 Å². The molecule has 0 aliphatic heterocycles. The number of halogens is 1. The molecule has 0 N–H and O–H groups in total. The number of nitrogens with zero attached hydrogens (tertiary/aromatic N) is 3. The number of rotatable bonds is 9. The zero-order chi connectivity index (χ0) is 20.1. The van der Waals surface area contributed by atoms with E-state index in [1.807, 2.05) is 26.0 Å². The highest BCUT2D eigenvalue weighted by molar-refractivity contribution is 7.99. The van der Waals surface area contributed by atoms with Crippen LogP contribution in [0.25, 0.3) is 0 Å². The van der Waals surface area contributed by atoms with Crippen LogP contribution in [0.5, 0.6) is 5.75 Å². The van der Waals surface area contributed by atoms with Crippen LogP contribution in [0.4, 0.5) is 0 Å². The Balaban J connectivity index is 1.55. The van der Waals surface area contributed by atoms with E-state index in [1.54, 1.807) is 24.3 Å². The Labute approximate surface area is 172 Å². The standard InChI is InChI=1S/C20H20ClN3O3S/c1-4-9-24-13(2)10-17(14(24)3)18(25)12-28-20-23-22-19(27-20)11-26-16-7-5-15(21)6-8-16/h4-8,10H,1,9,11-12H2,2-3H3. The molecule has 8 heteroatoms. The van der Waals surface area contributed by atoms with Crippen LogP contribution in [-0.4, -0.2) is 26.3 Å². The molecule has 146 valence electrons. The Kier molecular flexibility index (Phi) is 6.59. The van der Waals surface area contributed by atoms with Crippen molar-refractivity contribution in [1.29, 1.82) is 0 Å². The van der Waals surface area contributed by atoms with Crippen LogP contribution in [0.15, 0.2) is 52.6 Å². The van der Waals surface area contributed by atoms with Crippen LogP contribution in [0.1, 0.15) is 27.6 Å². The number of Topliss-reactive ketones (excluding diaryl/α,β-unsaturated/α-hetero) is 1. The molecule has 28 heavy (non-hydrogen) atoms. The van der Waals surface area contributed by atoms with Crippen molar-refractivity contribution in [3.8, 4) is 5.75 Å². The number of allylic oxidation sites excluding steroid dienone is 1. The van der Waals surface area contributed by atoms with Gasteiger partial charge in [0.2, 0.25) is 0 Å². The van der Waals surface area contributed by atoms with E-state index in [9.17, 15) is 4.79 Å². The van der Waals surface area contributed by atoms with Gasteiger partial charge in [0.15, 0.2) is 12.4 Å². The first kappa shape index (κ1) is 20.2. The molecule has 0 amide bonds. The lowest BCUT2D eigenvalue weighted by Gasteiger charge is -2.05. The summed E-state index contributed by atoms with van der Waals surface area (Å²) < 4.78 is 13.2. The number of ketones is 1. The molecular weight excluding hydrogens is 398 g/mol. The molecule has 0 bridgehead atoms. The fourth-order valence-corrected chi connectivity index (χ4v) is 3.52. The SMILES string of the molecule is C=CCn1c(C)cc(C(=O)CSc2nnc(COc3ccc(Cl)cc3)o2)c1C. The van der Waals surface area contributed by atoms with Crippen LogP contribution in [0.3, 0.4) is 0 Å². The van der Waals surface area contributed by atoms with E-state index in [0.29, 0.717) is 34.0 Å².